The van der Waals surface area contributed by atoms with Crippen molar-refractivity contribution in [3.8, 4) is 39.6 Å². The fourth-order valence-corrected chi connectivity index (χ4v) is 7.26. The summed E-state index contributed by atoms with van der Waals surface area (Å²) in [5, 5.41) is 0. The van der Waals surface area contributed by atoms with Crippen LogP contribution in [-0.4, -0.2) is 14.1 Å². The zero-order chi connectivity index (χ0) is 36.5. The normalized spacial score (nSPS) is 11.5. The summed E-state index contributed by atoms with van der Waals surface area (Å²) >= 11 is 2.33. The first kappa shape index (κ1) is 34.1. The van der Waals surface area contributed by atoms with E-state index in [4.69, 9.17) is 4.74 Å². The second kappa shape index (κ2) is 14.2. The molecule has 0 aliphatic rings. The third-order valence-electron chi connectivity index (χ3n) is 8.86. The number of rotatable bonds is 8. The monoisotopic (exact) mass is 881 g/mol. The number of halogens is 3. The first-order valence-electron chi connectivity index (χ1n) is 16.7. The molecule has 0 atom stereocenters. The molecule has 2 aromatic heterocycles. The molecule has 0 N–H and O–H groups in total. The molecule has 9 heteroatoms. The summed E-state index contributed by atoms with van der Waals surface area (Å²) in [7, 11) is 2.04. The Morgan fingerprint density at radius 2 is 1.25 bits per heavy atom. The summed E-state index contributed by atoms with van der Waals surface area (Å²) in [6.07, 6.45) is -3.46. The second-order valence-corrected chi connectivity index (χ2v) is 13.2. The van der Waals surface area contributed by atoms with Gasteiger partial charge in [-0.1, -0.05) is 0 Å². The number of para-hydroxylation sites is 3. The molecule has 6 aromatic carbocycles. The molecular formula is C44H29F3N4OPt-2. The SMILES string of the molecule is Cn1[c](=[Pt])n(-c2[c-]c(N(c3[c-]c(Oc4cc(C(F)(F)F)ccn4)ccc3)c3c(-c4ccccc4)cccc3-c3ccccc3)ccc2)c2ccccc21. The second-order valence-electron chi connectivity index (χ2n) is 12.2. The fourth-order valence-electron chi connectivity index (χ4n) is 6.44. The first-order chi connectivity index (χ1) is 25.8. The van der Waals surface area contributed by atoms with Crippen LogP contribution in [0.1, 0.15) is 5.56 Å². The molecule has 264 valence electrons. The van der Waals surface area contributed by atoms with Crippen LogP contribution in [0.25, 0.3) is 39.0 Å². The van der Waals surface area contributed by atoms with Gasteiger partial charge in [-0.3, -0.25) is 0 Å². The zero-order valence-corrected chi connectivity index (χ0v) is 30.4. The van der Waals surface area contributed by atoms with Crippen molar-refractivity contribution in [2.45, 2.75) is 6.18 Å². The molecule has 2 heterocycles. The topological polar surface area (TPSA) is 35.2 Å². The van der Waals surface area contributed by atoms with Gasteiger partial charge in [0.15, 0.2) is 0 Å². The van der Waals surface area contributed by atoms with Crippen LogP contribution in [0.15, 0.2) is 158 Å². The fraction of sp³-hybridized carbons (Fsp3) is 0.0455. The van der Waals surface area contributed by atoms with E-state index in [2.05, 4.69) is 99.0 Å². The van der Waals surface area contributed by atoms with E-state index in [-0.39, 0.29) is 11.6 Å². The van der Waals surface area contributed by atoms with E-state index in [0.29, 0.717) is 11.4 Å². The molecule has 0 saturated carbocycles. The predicted octanol–water partition coefficient (Wildman–Crippen LogP) is 11.7. The summed E-state index contributed by atoms with van der Waals surface area (Å²) in [5.41, 5.74) is 8.16. The van der Waals surface area contributed by atoms with Crippen LogP contribution in [0.2, 0.25) is 0 Å². The van der Waals surface area contributed by atoms with Crippen molar-refractivity contribution in [2.24, 2.45) is 7.05 Å². The van der Waals surface area contributed by atoms with Gasteiger partial charge in [-0.2, -0.15) is 13.2 Å². The van der Waals surface area contributed by atoms with Crippen LogP contribution < -0.4 is 9.64 Å². The quantitative estimate of drug-likeness (QED) is 0.143. The van der Waals surface area contributed by atoms with Gasteiger partial charge in [-0.25, -0.2) is 0 Å². The molecule has 0 bridgehead atoms. The van der Waals surface area contributed by atoms with E-state index in [1.165, 1.54) is 0 Å². The minimum atomic E-state index is -4.54. The maximum atomic E-state index is 13.6. The number of alkyl halides is 3. The van der Waals surface area contributed by atoms with Gasteiger partial charge in [0, 0.05) is 6.20 Å². The Balaban J connectivity index is 1.37. The number of fused-ring (bicyclic) bond motifs is 1. The van der Waals surface area contributed by atoms with E-state index < -0.39 is 11.7 Å². The van der Waals surface area contributed by atoms with Gasteiger partial charge in [-0.15, -0.1) is 0 Å². The maximum absolute atomic E-state index is 13.6. The molecule has 8 rings (SSSR count). The number of pyridine rings is 1. The molecule has 0 radical (unpaired) electrons. The predicted molar refractivity (Wildman–Crippen MR) is 198 cm³/mol. The van der Waals surface area contributed by atoms with Gasteiger partial charge in [0.25, 0.3) is 0 Å². The van der Waals surface area contributed by atoms with E-state index in [0.717, 1.165) is 66.8 Å². The number of ether oxygens (including phenoxy) is 1. The summed E-state index contributed by atoms with van der Waals surface area (Å²) < 4.78 is 52.0. The molecule has 0 aliphatic carbocycles. The Hall–Kier alpha value is -5.98. The van der Waals surface area contributed by atoms with Crippen molar-refractivity contribution in [3.05, 3.63) is 179 Å². The van der Waals surface area contributed by atoms with Crippen molar-refractivity contribution in [3.63, 3.8) is 0 Å². The zero-order valence-electron chi connectivity index (χ0n) is 28.2. The van der Waals surface area contributed by atoms with E-state index in [1.807, 2.05) is 85.9 Å². The van der Waals surface area contributed by atoms with Crippen molar-refractivity contribution >= 4 is 28.1 Å². The standard InChI is InChI=1S/C44H29F3N4O.Pt/c1-49-30-50(41-24-9-8-23-40(41)49)34-17-10-18-35(28-34)51(36-19-11-20-37(29-36)52-42-27-33(25-26-48-42)44(45,46)47)43-38(31-13-4-2-5-14-31)21-12-22-39(43)32-15-6-3-7-16-32;/h2-27H,1H3;/q-2;. The first-order valence-corrected chi connectivity index (χ1v) is 17.8. The number of hydrogen-bond donors (Lipinski definition) is 0. The molecule has 53 heavy (non-hydrogen) atoms. The third-order valence-corrected chi connectivity index (χ3v) is 10.1. The van der Waals surface area contributed by atoms with E-state index >= 15 is 0 Å². The molecule has 0 fully saturated rings. The van der Waals surface area contributed by atoms with Crippen LogP contribution in [-0.2, 0) is 32.6 Å². The molecule has 0 aliphatic heterocycles. The average molecular weight is 882 g/mol. The molecule has 5 nitrogen and oxygen atoms in total. The van der Waals surface area contributed by atoms with Crippen LogP contribution in [0.4, 0.5) is 30.2 Å². The summed E-state index contributed by atoms with van der Waals surface area (Å²) in [6.45, 7) is 0. The Morgan fingerprint density at radius 3 is 1.91 bits per heavy atom. The number of anilines is 3. The Labute approximate surface area is 315 Å². The molecule has 8 aromatic rings. The van der Waals surface area contributed by atoms with Crippen molar-refractivity contribution < 1.29 is 37.3 Å². The number of imidazole rings is 1. The van der Waals surface area contributed by atoms with Gasteiger partial charge in [0.1, 0.15) is 0 Å². The Bertz CT molecular complexity index is 2580. The van der Waals surface area contributed by atoms with Crippen LogP contribution in [0, 0.1) is 15.9 Å². The number of hydrogen-bond acceptors (Lipinski definition) is 3. The van der Waals surface area contributed by atoms with Gasteiger partial charge < -0.3 is 0 Å². The van der Waals surface area contributed by atoms with Gasteiger partial charge in [-0.05, 0) is 6.07 Å². The van der Waals surface area contributed by atoms with Crippen molar-refractivity contribution in [1.29, 1.82) is 0 Å². The Kier molecular flexibility index (Phi) is 9.15. The minimum absolute atomic E-state index is 0.190. The van der Waals surface area contributed by atoms with E-state index in [9.17, 15) is 13.2 Å². The van der Waals surface area contributed by atoms with Crippen molar-refractivity contribution in [1.82, 2.24) is 14.1 Å². The van der Waals surface area contributed by atoms with Crippen LogP contribution in [0.5, 0.6) is 11.6 Å². The number of benzene rings is 6. The molecule has 0 saturated heterocycles. The van der Waals surface area contributed by atoms with Crippen molar-refractivity contribution in [2.75, 3.05) is 4.90 Å². The number of aromatic nitrogens is 3. The molecular weight excluding hydrogens is 853 g/mol. The van der Waals surface area contributed by atoms with Gasteiger partial charge >= 0.3 is 286 Å². The van der Waals surface area contributed by atoms with Crippen LogP contribution in [0.3, 0.4) is 0 Å². The molecule has 0 unspecified atom stereocenters. The Morgan fingerprint density at radius 1 is 0.660 bits per heavy atom. The molecule has 0 spiro atoms. The molecule has 0 amide bonds. The number of aryl methyl sites for hydroxylation is 1. The van der Waals surface area contributed by atoms with Gasteiger partial charge in [0.2, 0.25) is 0 Å². The van der Waals surface area contributed by atoms with Crippen LogP contribution >= 0.6 is 0 Å². The van der Waals surface area contributed by atoms with E-state index in [1.54, 1.807) is 12.1 Å². The summed E-state index contributed by atoms with van der Waals surface area (Å²) in [6, 6.07) is 55.0. The average Bonchev–Trinajstić information content (AvgIpc) is 3.44. The van der Waals surface area contributed by atoms with Gasteiger partial charge in [0.05, 0.1) is 5.56 Å². The third kappa shape index (κ3) is 6.74. The number of nitrogens with zero attached hydrogens (tertiary/aromatic N) is 4. The summed E-state index contributed by atoms with van der Waals surface area (Å²) in [5.74, 6) is 0.0111. The summed E-state index contributed by atoms with van der Waals surface area (Å²) in [4.78, 5) is 6.14.